The van der Waals surface area contributed by atoms with Crippen molar-refractivity contribution in [2.45, 2.75) is 26.4 Å². The van der Waals surface area contributed by atoms with Crippen LogP contribution in [-0.2, 0) is 4.84 Å². The average molecular weight is 375 g/mol. The molecule has 0 radical (unpaired) electrons. The van der Waals surface area contributed by atoms with Gasteiger partial charge in [0.2, 0.25) is 0 Å². The van der Waals surface area contributed by atoms with Crippen LogP contribution < -0.4 is 0 Å². The van der Waals surface area contributed by atoms with Crippen LogP contribution in [0.25, 0.3) is 6.08 Å². The summed E-state index contributed by atoms with van der Waals surface area (Å²) in [5, 5.41) is 14.5. The normalized spacial score (nSPS) is 12.1. The highest BCUT2D eigenvalue weighted by Crippen LogP contribution is 2.26. The number of phenolic OH excluding ortho intramolecular Hbond substituents is 1. The minimum Gasteiger partial charge on any atom is -0.507 e. The van der Waals surface area contributed by atoms with E-state index in [9.17, 15) is 5.11 Å². The van der Waals surface area contributed by atoms with Crippen molar-refractivity contribution in [3.63, 3.8) is 0 Å². The summed E-state index contributed by atoms with van der Waals surface area (Å²) in [6, 6.07) is 8.85. The van der Waals surface area contributed by atoms with Gasteiger partial charge in [0.05, 0.1) is 5.69 Å². The minimum absolute atomic E-state index is 0.102. The van der Waals surface area contributed by atoms with E-state index in [1.807, 2.05) is 32.9 Å². The molecule has 1 aromatic carbocycles. The quantitative estimate of drug-likeness (QED) is 0.619. The van der Waals surface area contributed by atoms with E-state index in [4.69, 9.17) is 4.84 Å². The van der Waals surface area contributed by atoms with E-state index in [1.54, 1.807) is 30.5 Å². The number of rotatable bonds is 4. The molecule has 0 bridgehead atoms. The molecule has 23 heavy (non-hydrogen) atoms. The second-order valence-electron chi connectivity index (χ2n) is 5.95. The third-order valence-corrected chi connectivity index (χ3v) is 3.40. The number of hydrogen-bond acceptors (Lipinski definition) is 4. The first-order valence-corrected chi connectivity index (χ1v) is 7.94. The first-order valence-electron chi connectivity index (χ1n) is 7.14. The molecule has 2 aromatic rings. The predicted octanol–water partition coefficient (Wildman–Crippen LogP) is 4.76. The molecule has 0 spiro atoms. The van der Waals surface area contributed by atoms with Crippen LogP contribution in [0.2, 0.25) is 0 Å². The van der Waals surface area contributed by atoms with Gasteiger partial charge in [-0.25, -0.2) is 0 Å². The highest BCUT2D eigenvalue weighted by molar-refractivity contribution is 9.10. The van der Waals surface area contributed by atoms with E-state index >= 15 is 0 Å². The van der Waals surface area contributed by atoms with E-state index in [0.29, 0.717) is 17.0 Å². The average Bonchev–Trinajstić information content (AvgIpc) is 2.50. The van der Waals surface area contributed by atoms with Gasteiger partial charge in [0, 0.05) is 21.8 Å². The fourth-order valence-electron chi connectivity index (χ4n) is 1.88. The Morgan fingerprint density at radius 3 is 2.74 bits per heavy atom. The van der Waals surface area contributed by atoms with E-state index in [-0.39, 0.29) is 5.75 Å². The molecule has 0 amide bonds. The molecule has 0 atom stereocenters. The number of phenols is 1. The van der Waals surface area contributed by atoms with Crippen molar-refractivity contribution in [1.29, 1.82) is 0 Å². The van der Waals surface area contributed by atoms with Crippen molar-refractivity contribution in [3.05, 3.63) is 64.4 Å². The zero-order chi connectivity index (χ0) is 17.0. The number of benzene rings is 1. The van der Waals surface area contributed by atoms with Crippen LogP contribution in [0.5, 0.6) is 5.75 Å². The molecule has 1 aromatic heterocycles. The third-order valence-electron chi connectivity index (χ3n) is 2.91. The van der Waals surface area contributed by atoms with Gasteiger partial charge in [-0.15, -0.1) is 0 Å². The molecule has 4 nitrogen and oxygen atoms in total. The fourth-order valence-corrected chi connectivity index (χ4v) is 2.24. The van der Waals surface area contributed by atoms with Crippen molar-refractivity contribution in [2.24, 2.45) is 5.16 Å². The van der Waals surface area contributed by atoms with Crippen LogP contribution in [0.15, 0.2) is 52.7 Å². The summed E-state index contributed by atoms with van der Waals surface area (Å²) >= 11 is 3.42. The first kappa shape index (κ1) is 17.2. The van der Waals surface area contributed by atoms with Gasteiger partial charge in [0.15, 0.2) is 0 Å². The molecule has 5 heteroatoms. The molecule has 0 aliphatic heterocycles. The third kappa shape index (κ3) is 4.42. The van der Waals surface area contributed by atoms with Crippen LogP contribution in [-0.4, -0.2) is 21.4 Å². The lowest BCUT2D eigenvalue weighted by atomic mass is 10.0. The second kappa shape index (κ2) is 6.96. The molecular weight excluding hydrogens is 356 g/mol. The second-order valence-corrected chi connectivity index (χ2v) is 6.87. The summed E-state index contributed by atoms with van der Waals surface area (Å²) in [6.45, 7) is 9.52. The molecule has 2 rings (SSSR count). The molecule has 0 saturated heterocycles. The maximum Gasteiger partial charge on any atom is 0.140 e. The molecule has 120 valence electrons. The standard InChI is InChI=1S/C18H19BrN2O2/c1-5-12-7-6-10-20-16(12)17(21-23-18(2,3)4)14-11-13(19)8-9-15(14)22/h5-11,22H,1H2,2-4H3. The van der Waals surface area contributed by atoms with Crippen molar-refractivity contribution >= 4 is 27.7 Å². The van der Waals surface area contributed by atoms with Crippen molar-refractivity contribution in [2.75, 3.05) is 0 Å². The highest BCUT2D eigenvalue weighted by Gasteiger charge is 2.19. The Hall–Kier alpha value is -2.14. The lowest BCUT2D eigenvalue weighted by Gasteiger charge is -2.18. The van der Waals surface area contributed by atoms with Crippen LogP contribution >= 0.6 is 15.9 Å². The Kier molecular flexibility index (Phi) is 5.21. The number of aromatic nitrogens is 1. The van der Waals surface area contributed by atoms with Gasteiger partial charge in [0.25, 0.3) is 0 Å². The zero-order valence-corrected chi connectivity index (χ0v) is 15.0. The van der Waals surface area contributed by atoms with Crippen molar-refractivity contribution in [3.8, 4) is 5.75 Å². The van der Waals surface area contributed by atoms with Crippen molar-refractivity contribution in [1.82, 2.24) is 4.98 Å². The van der Waals surface area contributed by atoms with Gasteiger partial charge < -0.3 is 9.94 Å². The maximum atomic E-state index is 10.2. The summed E-state index contributed by atoms with van der Waals surface area (Å²) in [4.78, 5) is 9.97. The summed E-state index contributed by atoms with van der Waals surface area (Å²) < 4.78 is 0.824. The first-order chi connectivity index (χ1) is 10.8. The monoisotopic (exact) mass is 374 g/mol. The van der Waals surface area contributed by atoms with Gasteiger partial charge in [0.1, 0.15) is 17.1 Å². The Balaban J connectivity index is 2.65. The molecule has 0 saturated carbocycles. The Bertz CT molecular complexity index is 749. The fraction of sp³-hybridized carbons (Fsp3) is 0.222. The van der Waals surface area contributed by atoms with E-state index in [2.05, 4.69) is 32.6 Å². The molecule has 0 aliphatic carbocycles. The zero-order valence-electron chi connectivity index (χ0n) is 13.4. The Morgan fingerprint density at radius 2 is 2.09 bits per heavy atom. The SMILES string of the molecule is C=Cc1cccnc1C(=NOC(C)(C)C)c1cc(Br)ccc1O. The lowest BCUT2D eigenvalue weighted by Crippen LogP contribution is -2.18. The molecule has 1 N–H and O–H groups in total. The molecule has 1 heterocycles. The van der Waals surface area contributed by atoms with Gasteiger partial charge in [-0.2, -0.15) is 0 Å². The number of nitrogens with zero attached hydrogens (tertiary/aromatic N) is 2. The number of oxime groups is 1. The summed E-state index contributed by atoms with van der Waals surface area (Å²) in [6.07, 6.45) is 3.37. The predicted molar refractivity (Wildman–Crippen MR) is 96.6 cm³/mol. The molecular formula is C18H19BrN2O2. The maximum absolute atomic E-state index is 10.2. The van der Waals surface area contributed by atoms with E-state index in [0.717, 1.165) is 10.0 Å². The van der Waals surface area contributed by atoms with E-state index in [1.165, 1.54) is 0 Å². The number of aromatic hydroxyl groups is 1. The summed E-state index contributed by atoms with van der Waals surface area (Å²) in [5.74, 6) is 0.102. The van der Waals surface area contributed by atoms with Crippen LogP contribution in [0.3, 0.4) is 0 Å². The summed E-state index contributed by atoms with van der Waals surface area (Å²) in [5.41, 5.74) is 1.93. The molecule has 0 aliphatic rings. The Morgan fingerprint density at radius 1 is 1.35 bits per heavy atom. The topological polar surface area (TPSA) is 54.7 Å². The largest absolute Gasteiger partial charge is 0.507 e. The smallest absolute Gasteiger partial charge is 0.140 e. The lowest BCUT2D eigenvalue weighted by molar-refractivity contribution is 0.00111. The van der Waals surface area contributed by atoms with Gasteiger partial charge >= 0.3 is 0 Å². The summed E-state index contributed by atoms with van der Waals surface area (Å²) in [7, 11) is 0. The number of halogens is 1. The molecule has 0 fully saturated rings. The molecule has 0 unspecified atom stereocenters. The van der Waals surface area contributed by atoms with Gasteiger partial charge in [-0.3, -0.25) is 4.98 Å². The highest BCUT2D eigenvalue weighted by atomic mass is 79.9. The van der Waals surface area contributed by atoms with Gasteiger partial charge in [-0.05, 0) is 45.0 Å². The Labute approximate surface area is 144 Å². The number of hydrogen-bond donors (Lipinski definition) is 1. The minimum atomic E-state index is -0.462. The van der Waals surface area contributed by atoms with Crippen LogP contribution in [0, 0.1) is 0 Å². The van der Waals surface area contributed by atoms with Crippen LogP contribution in [0.1, 0.15) is 37.6 Å². The van der Waals surface area contributed by atoms with Crippen molar-refractivity contribution < 1.29 is 9.94 Å². The van der Waals surface area contributed by atoms with Gasteiger partial charge in [-0.1, -0.05) is 39.8 Å². The number of pyridine rings is 1. The van der Waals surface area contributed by atoms with Crippen LogP contribution in [0.4, 0.5) is 0 Å². The van der Waals surface area contributed by atoms with E-state index < -0.39 is 5.60 Å².